The highest BCUT2D eigenvalue weighted by Crippen LogP contribution is 2.26. The van der Waals surface area contributed by atoms with Crippen molar-refractivity contribution >= 4 is 23.6 Å². The Morgan fingerprint density at radius 3 is 2.50 bits per heavy atom. The molecule has 0 atom stereocenters. The van der Waals surface area contributed by atoms with Crippen LogP contribution in [-0.4, -0.2) is 12.0 Å². The molecular weight excluding hydrogens is 264 g/mol. The Balaban J connectivity index is 1.91. The first-order chi connectivity index (χ1) is 9.78. The highest BCUT2D eigenvalue weighted by molar-refractivity contribution is 7.98. The third-order valence-electron chi connectivity index (χ3n) is 3.67. The Morgan fingerprint density at radius 2 is 1.75 bits per heavy atom. The molecule has 0 aromatic heterocycles. The van der Waals surface area contributed by atoms with E-state index in [2.05, 4.69) is 36.6 Å². The molecular formula is C18H16OS. The van der Waals surface area contributed by atoms with Crippen molar-refractivity contribution in [2.24, 2.45) is 0 Å². The van der Waals surface area contributed by atoms with Crippen molar-refractivity contribution in [2.75, 3.05) is 6.26 Å². The first-order valence-electron chi connectivity index (χ1n) is 6.75. The van der Waals surface area contributed by atoms with E-state index in [1.165, 1.54) is 10.5 Å². The molecule has 0 saturated heterocycles. The molecule has 0 heterocycles. The lowest BCUT2D eigenvalue weighted by Crippen LogP contribution is -2.13. The zero-order valence-electron chi connectivity index (χ0n) is 11.4. The quantitative estimate of drug-likeness (QED) is 0.590. The first kappa shape index (κ1) is 13.2. The summed E-state index contributed by atoms with van der Waals surface area (Å²) < 4.78 is 0. The Labute approximate surface area is 123 Å². The van der Waals surface area contributed by atoms with Gasteiger partial charge in [-0.05, 0) is 48.4 Å². The number of fused-ring (bicyclic) bond motifs is 1. The molecule has 0 bridgehead atoms. The highest BCUT2D eigenvalue weighted by Gasteiger charge is 2.20. The standard InChI is InChI=1S/C18H16OS/c1-20-16-10-6-13(7-11-16)12-15-9-8-14-4-2-3-5-17(14)18(15)19/h2-7,10-12H,8-9H2,1H3/b15-12+. The molecule has 1 aliphatic rings. The van der Waals surface area contributed by atoms with E-state index in [0.29, 0.717) is 0 Å². The Morgan fingerprint density at radius 1 is 1.00 bits per heavy atom. The lowest BCUT2D eigenvalue weighted by atomic mass is 9.86. The van der Waals surface area contributed by atoms with Gasteiger partial charge in [-0.1, -0.05) is 36.4 Å². The zero-order chi connectivity index (χ0) is 13.9. The number of carbonyl (C=O) groups is 1. The van der Waals surface area contributed by atoms with Crippen molar-refractivity contribution in [2.45, 2.75) is 17.7 Å². The summed E-state index contributed by atoms with van der Waals surface area (Å²) in [6, 6.07) is 16.3. The second kappa shape index (κ2) is 5.68. The second-order valence-corrected chi connectivity index (χ2v) is 5.81. The van der Waals surface area contributed by atoms with Crippen LogP contribution in [0.25, 0.3) is 6.08 Å². The van der Waals surface area contributed by atoms with Crippen LogP contribution < -0.4 is 0 Å². The fraction of sp³-hybridized carbons (Fsp3) is 0.167. The number of hydrogen-bond donors (Lipinski definition) is 0. The molecule has 1 aliphatic carbocycles. The largest absolute Gasteiger partial charge is 0.289 e. The number of hydrogen-bond acceptors (Lipinski definition) is 2. The summed E-state index contributed by atoms with van der Waals surface area (Å²) in [6.07, 6.45) is 5.88. The molecule has 0 fully saturated rings. The average molecular weight is 280 g/mol. The van der Waals surface area contributed by atoms with Gasteiger partial charge in [0.2, 0.25) is 0 Å². The lowest BCUT2D eigenvalue weighted by Gasteiger charge is -2.17. The molecule has 2 heteroatoms. The Kier molecular flexibility index (Phi) is 3.75. The third-order valence-corrected chi connectivity index (χ3v) is 4.42. The molecule has 20 heavy (non-hydrogen) atoms. The SMILES string of the molecule is CSc1ccc(/C=C2\CCc3ccccc3C2=O)cc1. The molecule has 0 radical (unpaired) electrons. The summed E-state index contributed by atoms with van der Waals surface area (Å²) in [5.74, 6) is 0.181. The molecule has 0 amide bonds. The van der Waals surface area contributed by atoms with E-state index < -0.39 is 0 Å². The first-order valence-corrected chi connectivity index (χ1v) is 7.97. The summed E-state index contributed by atoms with van der Waals surface area (Å²) in [6.45, 7) is 0. The minimum atomic E-state index is 0.181. The molecule has 0 N–H and O–H groups in total. The summed E-state index contributed by atoms with van der Waals surface area (Å²) in [5.41, 5.74) is 4.06. The van der Waals surface area contributed by atoms with Crippen LogP contribution >= 0.6 is 11.8 Å². The second-order valence-electron chi connectivity index (χ2n) is 4.93. The number of aryl methyl sites for hydroxylation is 1. The van der Waals surface area contributed by atoms with E-state index in [9.17, 15) is 4.79 Å². The van der Waals surface area contributed by atoms with Crippen LogP contribution in [0.2, 0.25) is 0 Å². The Bertz CT molecular complexity index is 668. The Hall–Kier alpha value is -1.80. The fourth-order valence-electron chi connectivity index (χ4n) is 2.55. The molecule has 2 aromatic carbocycles. The highest BCUT2D eigenvalue weighted by atomic mass is 32.2. The maximum Gasteiger partial charge on any atom is 0.189 e. The van der Waals surface area contributed by atoms with E-state index in [4.69, 9.17) is 0 Å². The summed E-state index contributed by atoms with van der Waals surface area (Å²) in [4.78, 5) is 13.7. The van der Waals surface area contributed by atoms with Gasteiger partial charge in [-0.3, -0.25) is 4.79 Å². The minimum absolute atomic E-state index is 0.181. The lowest BCUT2D eigenvalue weighted by molar-refractivity contribution is 0.102. The normalized spacial score (nSPS) is 16.2. The molecule has 0 unspecified atom stereocenters. The van der Waals surface area contributed by atoms with Gasteiger partial charge in [-0.2, -0.15) is 0 Å². The van der Waals surface area contributed by atoms with E-state index in [-0.39, 0.29) is 5.78 Å². The maximum atomic E-state index is 12.5. The number of allylic oxidation sites excluding steroid dienone is 1. The van der Waals surface area contributed by atoms with Crippen molar-refractivity contribution in [1.82, 2.24) is 0 Å². The van der Waals surface area contributed by atoms with Crippen molar-refractivity contribution in [1.29, 1.82) is 0 Å². The number of benzene rings is 2. The van der Waals surface area contributed by atoms with Gasteiger partial charge in [0.05, 0.1) is 0 Å². The van der Waals surface area contributed by atoms with Crippen LogP contribution in [0.1, 0.15) is 27.9 Å². The number of Topliss-reactive ketones (excluding diaryl/α,β-unsaturated/α-hetero) is 1. The van der Waals surface area contributed by atoms with E-state index in [1.54, 1.807) is 11.8 Å². The summed E-state index contributed by atoms with van der Waals surface area (Å²) in [5, 5.41) is 0. The number of rotatable bonds is 2. The molecule has 0 spiro atoms. The summed E-state index contributed by atoms with van der Waals surface area (Å²) >= 11 is 1.73. The molecule has 100 valence electrons. The smallest absolute Gasteiger partial charge is 0.189 e. The van der Waals surface area contributed by atoms with Gasteiger partial charge in [0, 0.05) is 16.0 Å². The van der Waals surface area contributed by atoms with Crippen molar-refractivity contribution in [3.05, 3.63) is 70.8 Å². The van der Waals surface area contributed by atoms with Crippen LogP contribution in [0.15, 0.2) is 59.0 Å². The van der Waals surface area contributed by atoms with Gasteiger partial charge < -0.3 is 0 Å². The van der Waals surface area contributed by atoms with Crippen molar-refractivity contribution < 1.29 is 4.79 Å². The topological polar surface area (TPSA) is 17.1 Å². The third kappa shape index (κ3) is 2.56. The van der Waals surface area contributed by atoms with Crippen molar-refractivity contribution in [3.63, 3.8) is 0 Å². The van der Waals surface area contributed by atoms with Gasteiger partial charge in [0.25, 0.3) is 0 Å². The van der Waals surface area contributed by atoms with E-state index in [1.807, 2.05) is 24.3 Å². The summed E-state index contributed by atoms with van der Waals surface area (Å²) in [7, 11) is 0. The number of thioether (sulfide) groups is 1. The maximum absolute atomic E-state index is 12.5. The van der Waals surface area contributed by atoms with Gasteiger partial charge >= 0.3 is 0 Å². The predicted molar refractivity (Wildman–Crippen MR) is 85.3 cm³/mol. The number of ketones is 1. The molecule has 0 saturated carbocycles. The van der Waals surface area contributed by atoms with Crippen LogP contribution in [0, 0.1) is 0 Å². The predicted octanol–water partition coefficient (Wildman–Crippen LogP) is 4.62. The molecule has 3 rings (SSSR count). The van der Waals surface area contributed by atoms with Crippen LogP contribution in [0.4, 0.5) is 0 Å². The van der Waals surface area contributed by atoms with Crippen molar-refractivity contribution in [3.8, 4) is 0 Å². The monoisotopic (exact) mass is 280 g/mol. The van der Waals surface area contributed by atoms with Crippen LogP contribution in [-0.2, 0) is 6.42 Å². The van der Waals surface area contributed by atoms with Gasteiger partial charge in [-0.15, -0.1) is 11.8 Å². The average Bonchev–Trinajstić information content (AvgIpc) is 2.51. The zero-order valence-corrected chi connectivity index (χ0v) is 12.2. The number of carbonyl (C=O) groups excluding carboxylic acids is 1. The van der Waals surface area contributed by atoms with Crippen LogP contribution in [0.3, 0.4) is 0 Å². The van der Waals surface area contributed by atoms with E-state index in [0.717, 1.165) is 29.5 Å². The molecule has 1 nitrogen and oxygen atoms in total. The minimum Gasteiger partial charge on any atom is -0.289 e. The fourth-order valence-corrected chi connectivity index (χ4v) is 2.96. The van der Waals surface area contributed by atoms with Crippen LogP contribution in [0.5, 0.6) is 0 Å². The van der Waals surface area contributed by atoms with Gasteiger partial charge in [0.1, 0.15) is 0 Å². The van der Waals surface area contributed by atoms with Gasteiger partial charge in [0.15, 0.2) is 5.78 Å². The molecule has 0 aliphatic heterocycles. The van der Waals surface area contributed by atoms with E-state index >= 15 is 0 Å². The molecule has 2 aromatic rings. The van der Waals surface area contributed by atoms with Gasteiger partial charge in [-0.25, -0.2) is 0 Å².